The molecule has 116 valence electrons. The van der Waals surface area contributed by atoms with Crippen LogP contribution in [0.25, 0.3) is 0 Å². The molecule has 0 saturated carbocycles. The van der Waals surface area contributed by atoms with E-state index in [0.717, 1.165) is 32.0 Å². The Morgan fingerprint density at radius 2 is 2.24 bits per heavy atom. The number of likely N-dealkylation sites (tertiary alicyclic amines) is 1. The van der Waals surface area contributed by atoms with Crippen molar-refractivity contribution < 1.29 is 18.7 Å². The van der Waals surface area contributed by atoms with Crippen molar-refractivity contribution in [2.75, 3.05) is 40.4 Å². The van der Waals surface area contributed by atoms with Crippen molar-refractivity contribution in [2.24, 2.45) is 0 Å². The monoisotopic (exact) mass is 294 g/mol. The van der Waals surface area contributed by atoms with Crippen LogP contribution >= 0.6 is 0 Å². The van der Waals surface area contributed by atoms with Gasteiger partial charge >= 0.3 is 5.97 Å². The summed E-state index contributed by atoms with van der Waals surface area (Å²) < 4.78 is 16.2. The average Bonchev–Trinajstić information content (AvgIpc) is 3.13. The Kier molecular flexibility index (Phi) is 4.01. The molecule has 0 unspecified atom stereocenters. The van der Waals surface area contributed by atoms with Gasteiger partial charge in [-0.25, -0.2) is 4.79 Å². The molecule has 2 aliphatic rings. The van der Waals surface area contributed by atoms with Crippen LogP contribution in [0.4, 0.5) is 0 Å². The molecule has 0 N–H and O–H groups in total. The summed E-state index contributed by atoms with van der Waals surface area (Å²) in [5, 5.41) is 0. The first kappa shape index (κ1) is 14.6. The number of nitrogens with zero attached hydrogens (tertiary/aromatic N) is 2. The summed E-state index contributed by atoms with van der Waals surface area (Å²) in [6.07, 6.45) is 0.265. The van der Waals surface area contributed by atoms with Gasteiger partial charge in [0, 0.05) is 25.7 Å². The predicted molar refractivity (Wildman–Crippen MR) is 76.2 cm³/mol. The summed E-state index contributed by atoms with van der Waals surface area (Å²) >= 11 is 0. The Balaban J connectivity index is 1.70. The van der Waals surface area contributed by atoms with Crippen molar-refractivity contribution in [2.45, 2.75) is 25.1 Å². The lowest BCUT2D eigenvalue weighted by Crippen LogP contribution is -2.48. The number of carbonyl (C=O) groups is 1. The second kappa shape index (κ2) is 5.79. The number of rotatable bonds is 3. The molecule has 1 aromatic rings. The summed E-state index contributed by atoms with van der Waals surface area (Å²) in [4.78, 5) is 16.2. The number of likely N-dealkylation sites (N-methyl/N-ethyl adjacent to an activating group) is 1. The molecular weight excluding hydrogens is 272 g/mol. The number of esters is 1. The zero-order chi connectivity index (χ0) is 15.0. The van der Waals surface area contributed by atoms with Crippen molar-refractivity contribution >= 4 is 5.97 Å². The van der Waals surface area contributed by atoms with Crippen LogP contribution in [-0.2, 0) is 9.47 Å². The van der Waals surface area contributed by atoms with E-state index in [4.69, 9.17) is 9.15 Å². The van der Waals surface area contributed by atoms with E-state index in [1.54, 1.807) is 6.07 Å². The highest BCUT2D eigenvalue weighted by molar-refractivity contribution is 5.86. The van der Waals surface area contributed by atoms with Crippen molar-refractivity contribution in [3.63, 3.8) is 0 Å². The quantitative estimate of drug-likeness (QED) is 0.779. The highest BCUT2D eigenvalue weighted by Gasteiger charge is 2.40. The van der Waals surface area contributed by atoms with Gasteiger partial charge in [-0.15, -0.1) is 0 Å². The number of morpholine rings is 1. The van der Waals surface area contributed by atoms with Gasteiger partial charge in [-0.05, 0) is 26.1 Å². The van der Waals surface area contributed by atoms with Crippen LogP contribution in [0.1, 0.15) is 29.3 Å². The summed E-state index contributed by atoms with van der Waals surface area (Å²) in [5.41, 5.74) is 0. The molecule has 21 heavy (non-hydrogen) atoms. The Labute approximate surface area is 124 Å². The minimum absolute atomic E-state index is 0.117. The van der Waals surface area contributed by atoms with E-state index in [-0.39, 0.29) is 17.9 Å². The Hall–Kier alpha value is -1.37. The minimum Gasteiger partial charge on any atom is -0.463 e. The fourth-order valence-corrected chi connectivity index (χ4v) is 3.17. The van der Waals surface area contributed by atoms with Crippen LogP contribution in [0, 0.1) is 0 Å². The fourth-order valence-electron chi connectivity index (χ4n) is 3.17. The van der Waals surface area contributed by atoms with E-state index in [1.165, 1.54) is 7.11 Å². The van der Waals surface area contributed by atoms with E-state index < -0.39 is 5.97 Å². The maximum absolute atomic E-state index is 11.5. The van der Waals surface area contributed by atoms with E-state index in [1.807, 2.05) is 6.07 Å². The van der Waals surface area contributed by atoms with Crippen molar-refractivity contribution in [3.05, 3.63) is 23.7 Å². The molecule has 6 nitrogen and oxygen atoms in total. The number of methoxy groups -OCH3 is 1. The molecule has 0 amide bonds. The smallest absolute Gasteiger partial charge is 0.373 e. The molecule has 0 aromatic carbocycles. The minimum atomic E-state index is -0.438. The molecule has 3 heterocycles. The Morgan fingerprint density at radius 3 is 2.95 bits per heavy atom. The lowest BCUT2D eigenvalue weighted by molar-refractivity contribution is -0.0372. The third-order valence-corrected chi connectivity index (χ3v) is 4.58. The molecule has 0 bridgehead atoms. The van der Waals surface area contributed by atoms with Crippen molar-refractivity contribution in [1.29, 1.82) is 0 Å². The third-order valence-electron chi connectivity index (χ3n) is 4.58. The zero-order valence-electron chi connectivity index (χ0n) is 12.7. The number of fused-ring (bicyclic) bond motifs is 1. The maximum Gasteiger partial charge on any atom is 0.373 e. The molecule has 0 aliphatic carbocycles. The Bertz CT molecular complexity index is 516. The topological polar surface area (TPSA) is 55.1 Å². The molecule has 3 rings (SSSR count). The fraction of sp³-hybridized carbons (Fsp3) is 0.667. The summed E-state index contributed by atoms with van der Waals surface area (Å²) in [6.45, 7) is 5.72. The normalized spacial score (nSPS) is 28.3. The number of carbonyl (C=O) groups excluding carboxylic acids is 1. The SMILES string of the molecule is COC(=O)c1ccc([C@H](C)N2C[C@@H]3OCCN(C)[C@H]3C2)o1. The molecule has 0 spiro atoms. The summed E-state index contributed by atoms with van der Waals surface area (Å²) in [7, 11) is 3.50. The average molecular weight is 294 g/mol. The highest BCUT2D eigenvalue weighted by Crippen LogP contribution is 2.30. The lowest BCUT2D eigenvalue weighted by atomic mass is 10.1. The van der Waals surface area contributed by atoms with Crippen LogP contribution in [0.2, 0.25) is 0 Å². The van der Waals surface area contributed by atoms with Gasteiger partial charge in [-0.2, -0.15) is 0 Å². The second-order valence-electron chi connectivity index (χ2n) is 5.78. The molecule has 6 heteroatoms. The van der Waals surface area contributed by atoms with Crippen molar-refractivity contribution in [3.8, 4) is 0 Å². The first-order chi connectivity index (χ1) is 10.1. The summed E-state index contributed by atoms with van der Waals surface area (Å²) in [6, 6.07) is 4.08. The van der Waals surface area contributed by atoms with Gasteiger partial charge in [0.2, 0.25) is 5.76 Å². The number of hydrogen-bond acceptors (Lipinski definition) is 6. The third kappa shape index (κ3) is 2.71. The summed E-state index contributed by atoms with van der Waals surface area (Å²) in [5.74, 6) is 0.604. The van der Waals surface area contributed by atoms with Gasteiger partial charge in [0.05, 0.1) is 25.9 Å². The zero-order valence-corrected chi connectivity index (χ0v) is 12.7. The first-order valence-corrected chi connectivity index (χ1v) is 7.34. The predicted octanol–water partition coefficient (Wildman–Crippen LogP) is 1.14. The molecule has 1 aromatic heterocycles. The molecule has 0 radical (unpaired) electrons. The lowest BCUT2D eigenvalue weighted by Gasteiger charge is -2.33. The second-order valence-corrected chi connectivity index (χ2v) is 5.78. The van der Waals surface area contributed by atoms with Crippen LogP contribution < -0.4 is 0 Å². The van der Waals surface area contributed by atoms with Gasteiger partial charge in [0.15, 0.2) is 0 Å². The number of ether oxygens (including phenoxy) is 2. The molecule has 2 aliphatic heterocycles. The molecule has 2 fully saturated rings. The number of furan rings is 1. The molecule has 3 atom stereocenters. The van der Waals surface area contributed by atoms with Gasteiger partial charge in [0.25, 0.3) is 0 Å². The molecular formula is C15H22N2O4. The van der Waals surface area contributed by atoms with Crippen LogP contribution in [0.5, 0.6) is 0 Å². The number of hydrogen-bond donors (Lipinski definition) is 0. The highest BCUT2D eigenvalue weighted by atomic mass is 16.5. The van der Waals surface area contributed by atoms with Gasteiger partial charge in [0.1, 0.15) is 5.76 Å². The largest absolute Gasteiger partial charge is 0.463 e. The van der Waals surface area contributed by atoms with Gasteiger partial charge in [-0.1, -0.05) is 0 Å². The van der Waals surface area contributed by atoms with Crippen molar-refractivity contribution in [1.82, 2.24) is 9.80 Å². The van der Waals surface area contributed by atoms with E-state index in [2.05, 4.69) is 28.5 Å². The standard InChI is InChI=1S/C15H22N2O4/c1-10(12-4-5-13(21-12)15(18)19-3)17-8-11-14(9-17)20-7-6-16(11)2/h4-5,10-11,14H,6-9H2,1-3H3/t10-,11-,14-/m0/s1. The molecule has 2 saturated heterocycles. The van der Waals surface area contributed by atoms with Gasteiger partial charge in [-0.3, -0.25) is 9.80 Å². The van der Waals surface area contributed by atoms with Gasteiger partial charge < -0.3 is 13.9 Å². The van der Waals surface area contributed by atoms with Crippen LogP contribution in [0.15, 0.2) is 16.5 Å². The van der Waals surface area contributed by atoms with Crippen LogP contribution in [-0.4, -0.2) is 68.3 Å². The van der Waals surface area contributed by atoms with E-state index in [0.29, 0.717) is 6.04 Å². The Morgan fingerprint density at radius 1 is 1.43 bits per heavy atom. The van der Waals surface area contributed by atoms with Crippen LogP contribution in [0.3, 0.4) is 0 Å². The maximum atomic E-state index is 11.5. The van der Waals surface area contributed by atoms with E-state index >= 15 is 0 Å². The van der Waals surface area contributed by atoms with E-state index in [9.17, 15) is 4.79 Å². The first-order valence-electron chi connectivity index (χ1n) is 7.34.